The summed E-state index contributed by atoms with van der Waals surface area (Å²) in [6.45, 7) is 0. The summed E-state index contributed by atoms with van der Waals surface area (Å²) in [5.41, 5.74) is 13.3. The predicted molar refractivity (Wildman–Crippen MR) is 178 cm³/mol. The second kappa shape index (κ2) is 9.62. The van der Waals surface area contributed by atoms with E-state index in [9.17, 15) is 0 Å². The highest BCUT2D eigenvalue weighted by Crippen LogP contribution is 2.62. The number of hydrogen-bond donors (Lipinski definition) is 0. The molecule has 0 radical (unpaired) electrons. The molecule has 0 amide bonds. The summed E-state index contributed by atoms with van der Waals surface area (Å²) in [5, 5.41) is 0. The monoisotopic (exact) mass is 561 g/mol. The third-order valence-corrected chi connectivity index (χ3v) is 9.14. The van der Waals surface area contributed by atoms with Crippen LogP contribution in [0.5, 0.6) is 0 Å². The number of nitrogens with zero attached hydrogens (tertiary/aromatic N) is 3. The molecule has 44 heavy (non-hydrogen) atoms. The first-order valence-corrected chi connectivity index (χ1v) is 15.0. The van der Waals surface area contributed by atoms with Crippen molar-refractivity contribution in [3.8, 4) is 33.8 Å². The van der Waals surface area contributed by atoms with Crippen molar-refractivity contribution in [1.29, 1.82) is 0 Å². The standard InChI is InChI=1S/C41H27N3/c1-3-13-28(14-4-1)29-23-25-30(26-24-29)40-42-27-36-39(43-40)32-17-7-8-18-33(32)41(36)34-19-9-11-21-37(34)44(31-15-5-2-6-16-31)38-22-12-10-20-35(38)41/h1-27H. The summed E-state index contributed by atoms with van der Waals surface area (Å²) >= 11 is 0. The molecule has 2 aliphatic rings. The molecular weight excluding hydrogens is 534 g/mol. The highest BCUT2D eigenvalue weighted by molar-refractivity contribution is 5.95. The van der Waals surface area contributed by atoms with E-state index >= 15 is 0 Å². The van der Waals surface area contributed by atoms with Gasteiger partial charge in [-0.05, 0) is 52.1 Å². The molecule has 0 unspecified atom stereocenters. The van der Waals surface area contributed by atoms with Gasteiger partial charge in [0.15, 0.2) is 5.82 Å². The molecule has 9 rings (SSSR count). The van der Waals surface area contributed by atoms with Crippen molar-refractivity contribution in [2.45, 2.75) is 5.41 Å². The van der Waals surface area contributed by atoms with Gasteiger partial charge >= 0.3 is 0 Å². The lowest BCUT2D eigenvalue weighted by Gasteiger charge is -2.44. The van der Waals surface area contributed by atoms with Gasteiger partial charge < -0.3 is 4.90 Å². The fraction of sp³-hybridized carbons (Fsp3) is 0.0244. The molecule has 1 aliphatic heterocycles. The third-order valence-electron chi connectivity index (χ3n) is 9.14. The molecule has 7 aromatic rings. The SMILES string of the molecule is c1ccc(-c2ccc(-c3ncc4c(n3)-c3ccccc3C43c4ccccc4N(c4ccccc4)c4ccccc43)cc2)cc1. The lowest BCUT2D eigenvalue weighted by atomic mass is 9.65. The summed E-state index contributed by atoms with van der Waals surface area (Å²) < 4.78 is 0. The van der Waals surface area contributed by atoms with Crippen LogP contribution in [0.15, 0.2) is 164 Å². The molecule has 2 heterocycles. The first-order chi connectivity index (χ1) is 21.8. The number of para-hydroxylation sites is 3. The van der Waals surface area contributed by atoms with Crippen LogP contribution in [0.1, 0.15) is 22.3 Å². The van der Waals surface area contributed by atoms with Crippen LogP contribution in [-0.2, 0) is 5.41 Å². The lowest BCUT2D eigenvalue weighted by Crippen LogP contribution is -2.36. The second-order valence-corrected chi connectivity index (χ2v) is 11.4. The number of rotatable bonds is 3. The third kappa shape index (κ3) is 3.44. The maximum atomic E-state index is 5.32. The van der Waals surface area contributed by atoms with Crippen molar-refractivity contribution in [3.63, 3.8) is 0 Å². The van der Waals surface area contributed by atoms with Gasteiger partial charge in [0.25, 0.3) is 0 Å². The number of benzene rings is 6. The van der Waals surface area contributed by atoms with Crippen molar-refractivity contribution in [2.24, 2.45) is 0 Å². The summed E-state index contributed by atoms with van der Waals surface area (Å²) in [6, 6.07) is 56.0. The van der Waals surface area contributed by atoms with Crippen molar-refractivity contribution in [3.05, 3.63) is 186 Å². The second-order valence-electron chi connectivity index (χ2n) is 11.4. The largest absolute Gasteiger partial charge is 0.310 e. The van der Waals surface area contributed by atoms with Crippen molar-refractivity contribution >= 4 is 17.1 Å². The summed E-state index contributed by atoms with van der Waals surface area (Å²) in [5.74, 6) is 0.735. The Bertz CT molecular complexity index is 2120. The van der Waals surface area contributed by atoms with Crippen LogP contribution < -0.4 is 4.90 Å². The van der Waals surface area contributed by atoms with Crippen LogP contribution in [0.25, 0.3) is 33.8 Å². The van der Waals surface area contributed by atoms with Gasteiger partial charge in [0, 0.05) is 28.6 Å². The number of fused-ring (bicyclic) bond motifs is 9. The first-order valence-electron chi connectivity index (χ1n) is 15.0. The van der Waals surface area contributed by atoms with E-state index in [4.69, 9.17) is 9.97 Å². The summed E-state index contributed by atoms with van der Waals surface area (Å²) in [6.07, 6.45) is 2.08. The lowest BCUT2D eigenvalue weighted by molar-refractivity contribution is 0.746. The van der Waals surface area contributed by atoms with Gasteiger partial charge in [-0.1, -0.05) is 133 Å². The summed E-state index contributed by atoms with van der Waals surface area (Å²) in [4.78, 5) is 12.8. The highest BCUT2D eigenvalue weighted by Gasteiger charge is 2.52. The zero-order chi connectivity index (χ0) is 29.1. The van der Waals surface area contributed by atoms with E-state index in [0.29, 0.717) is 0 Å². The van der Waals surface area contributed by atoms with Crippen molar-refractivity contribution < 1.29 is 0 Å². The Labute approximate surface area is 256 Å². The molecule has 0 atom stereocenters. The fourth-order valence-electron chi connectivity index (χ4n) is 7.29. The van der Waals surface area contributed by atoms with Gasteiger partial charge in [0.1, 0.15) is 0 Å². The Morgan fingerprint density at radius 2 is 0.955 bits per heavy atom. The Morgan fingerprint density at radius 3 is 1.64 bits per heavy atom. The quantitative estimate of drug-likeness (QED) is 0.215. The van der Waals surface area contributed by atoms with E-state index in [1.165, 1.54) is 39.2 Å². The Balaban J connectivity index is 1.27. The van der Waals surface area contributed by atoms with E-state index in [1.807, 2.05) is 6.07 Å². The van der Waals surface area contributed by atoms with Crippen LogP contribution >= 0.6 is 0 Å². The zero-order valence-electron chi connectivity index (χ0n) is 23.9. The smallest absolute Gasteiger partial charge is 0.159 e. The minimum absolute atomic E-state index is 0.542. The van der Waals surface area contributed by atoms with Gasteiger partial charge in [-0.2, -0.15) is 0 Å². The first kappa shape index (κ1) is 24.8. The topological polar surface area (TPSA) is 29.0 Å². The van der Waals surface area contributed by atoms with Crippen LogP contribution in [0.3, 0.4) is 0 Å². The number of aromatic nitrogens is 2. The van der Waals surface area contributed by atoms with Crippen molar-refractivity contribution in [1.82, 2.24) is 9.97 Å². The van der Waals surface area contributed by atoms with E-state index in [-0.39, 0.29) is 0 Å². The van der Waals surface area contributed by atoms with Crippen LogP contribution in [-0.4, -0.2) is 9.97 Å². The van der Waals surface area contributed by atoms with E-state index in [1.54, 1.807) is 0 Å². The van der Waals surface area contributed by atoms with E-state index in [2.05, 4.69) is 163 Å². The Hall–Kier alpha value is -5.80. The minimum Gasteiger partial charge on any atom is -0.310 e. The molecule has 0 bridgehead atoms. The zero-order valence-corrected chi connectivity index (χ0v) is 23.9. The molecular formula is C41H27N3. The normalized spacial score (nSPS) is 13.6. The maximum absolute atomic E-state index is 5.32. The molecule has 6 aromatic carbocycles. The molecule has 0 saturated carbocycles. The van der Waals surface area contributed by atoms with E-state index in [0.717, 1.165) is 33.9 Å². The van der Waals surface area contributed by atoms with Gasteiger partial charge in [0.05, 0.1) is 22.5 Å². The van der Waals surface area contributed by atoms with Crippen molar-refractivity contribution in [2.75, 3.05) is 4.90 Å². The number of anilines is 3. The molecule has 1 aliphatic carbocycles. The average Bonchev–Trinajstić information content (AvgIpc) is 3.40. The van der Waals surface area contributed by atoms with Gasteiger partial charge in [-0.25, -0.2) is 9.97 Å². The van der Waals surface area contributed by atoms with Crippen LogP contribution in [0.4, 0.5) is 17.1 Å². The maximum Gasteiger partial charge on any atom is 0.159 e. The highest BCUT2D eigenvalue weighted by atomic mass is 15.2. The molecule has 0 saturated heterocycles. The van der Waals surface area contributed by atoms with Gasteiger partial charge in [-0.15, -0.1) is 0 Å². The van der Waals surface area contributed by atoms with Gasteiger partial charge in [0.2, 0.25) is 0 Å². The molecule has 3 nitrogen and oxygen atoms in total. The van der Waals surface area contributed by atoms with Crippen LogP contribution in [0, 0.1) is 0 Å². The molecule has 1 aromatic heterocycles. The molecule has 206 valence electrons. The molecule has 3 heteroatoms. The fourth-order valence-corrected chi connectivity index (χ4v) is 7.29. The Kier molecular flexibility index (Phi) is 5.41. The minimum atomic E-state index is -0.542. The summed E-state index contributed by atoms with van der Waals surface area (Å²) in [7, 11) is 0. The predicted octanol–water partition coefficient (Wildman–Crippen LogP) is 9.96. The number of hydrogen-bond acceptors (Lipinski definition) is 3. The average molecular weight is 562 g/mol. The van der Waals surface area contributed by atoms with Crippen LogP contribution in [0.2, 0.25) is 0 Å². The molecule has 0 fully saturated rings. The van der Waals surface area contributed by atoms with E-state index < -0.39 is 5.41 Å². The Morgan fingerprint density at radius 1 is 0.432 bits per heavy atom. The van der Waals surface area contributed by atoms with Gasteiger partial charge in [-0.3, -0.25) is 0 Å². The molecule has 0 N–H and O–H groups in total. The molecule has 1 spiro atoms.